The van der Waals surface area contributed by atoms with Crippen LogP contribution in [0.3, 0.4) is 0 Å². The standard InChI is InChI=1S/C19H23NO5S/c1-26(21,22)25-15-14-24-13-12-23-11-10-20-18-8-4-2-6-16(18)17-7-3-5-9-19(17)20/h2-9H,10-15H2,1H3. The van der Waals surface area contributed by atoms with E-state index in [1.807, 2.05) is 12.1 Å². The van der Waals surface area contributed by atoms with Crippen LogP contribution in [0.15, 0.2) is 48.5 Å². The second kappa shape index (κ2) is 8.64. The summed E-state index contributed by atoms with van der Waals surface area (Å²) in [5.41, 5.74) is 2.40. The van der Waals surface area contributed by atoms with Crippen LogP contribution in [-0.2, 0) is 30.3 Å². The molecule has 26 heavy (non-hydrogen) atoms. The lowest BCUT2D eigenvalue weighted by molar-refractivity contribution is 0.0353. The molecule has 7 heteroatoms. The lowest BCUT2D eigenvalue weighted by Gasteiger charge is -2.09. The largest absolute Gasteiger partial charge is 0.377 e. The second-order valence-electron chi connectivity index (χ2n) is 5.94. The Bertz CT molecular complexity index is 911. The Hall–Kier alpha value is -1.93. The van der Waals surface area contributed by atoms with Gasteiger partial charge in [0, 0.05) is 28.4 Å². The number of hydrogen-bond donors (Lipinski definition) is 0. The van der Waals surface area contributed by atoms with Crippen LogP contribution in [0.2, 0.25) is 0 Å². The van der Waals surface area contributed by atoms with Gasteiger partial charge in [-0.25, -0.2) is 0 Å². The molecule has 1 heterocycles. The zero-order valence-electron chi connectivity index (χ0n) is 14.8. The molecule has 140 valence electrons. The first kappa shape index (κ1) is 18.8. The molecule has 1 aromatic heterocycles. The molecule has 0 N–H and O–H groups in total. The molecule has 0 radical (unpaired) electrons. The molecular formula is C19H23NO5S. The Morgan fingerprint density at radius 3 is 1.85 bits per heavy atom. The predicted molar refractivity (Wildman–Crippen MR) is 102 cm³/mol. The first-order chi connectivity index (χ1) is 12.6. The minimum atomic E-state index is -3.40. The third-order valence-electron chi connectivity index (χ3n) is 4.04. The molecule has 0 atom stereocenters. The second-order valence-corrected chi connectivity index (χ2v) is 7.58. The monoisotopic (exact) mass is 377 g/mol. The highest BCUT2D eigenvalue weighted by atomic mass is 32.2. The Labute approximate surface area is 153 Å². The van der Waals surface area contributed by atoms with Crippen LogP contribution in [0.5, 0.6) is 0 Å². The summed E-state index contributed by atoms with van der Waals surface area (Å²) < 4.78 is 39.4. The number of para-hydroxylation sites is 2. The number of ether oxygens (including phenoxy) is 2. The summed E-state index contributed by atoms with van der Waals surface area (Å²) in [4.78, 5) is 0. The van der Waals surface area contributed by atoms with Crippen LogP contribution in [0.25, 0.3) is 21.8 Å². The molecular weight excluding hydrogens is 354 g/mol. The van der Waals surface area contributed by atoms with Crippen molar-refractivity contribution in [1.29, 1.82) is 0 Å². The van der Waals surface area contributed by atoms with Gasteiger partial charge in [-0.3, -0.25) is 4.18 Å². The van der Waals surface area contributed by atoms with E-state index >= 15 is 0 Å². The summed E-state index contributed by atoms with van der Waals surface area (Å²) in [6.45, 7) is 2.44. The van der Waals surface area contributed by atoms with Crippen molar-refractivity contribution in [2.75, 3.05) is 39.3 Å². The van der Waals surface area contributed by atoms with Crippen molar-refractivity contribution in [3.63, 3.8) is 0 Å². The van der Waals surface area contributed by atoms with Gasteiger partial charge in [-0.05, 0) is 12.1 Å². The van der Waals surface area contributed by atoms with Crippen LogP contribution < -0.4 is 0 Å². The number of benzene rings is 2. The third kappa shape index (κ3) is 4.82. The highest BCUT2D eigenvalue weighted by Crippen LogP contribution is 2.28. The van der Waals surface area contributed by atoms with Gasteiger partial charge in [-0.1, -0.05) is 36.4 Å². The van der Waals surface area contributed by atoms with E-state index in [-0.39, 0.29) is 13.2 Å². The average Bonchev–Trinajstić information content (AvgIpc) is 2.94. The van der Waals surface area contributed by atoms with Crippen molar-refractivity contribution in [1.82, 2.24) is 4.57 Å². The van der Waals surface area contributed by atoms with E-state index in [2.05, 4.69) is 45.1 Å². The van der Waals surface area contributed by atoms with E-state index in [0.29, 0.717) is 19.8 Å². The van der Waals surface area contributed by atoms with E-state index in [0.717, 1.165) is 12.8 Å². The van der Waals surface area contributed by atoms with Crippen LogP contribution in [0.1, 0.15) is 0 Å². The van der Waals surface area contributed by atoms with Crippen LogP contribution in [-0.4, -0.2) is 52.3 Å². The first-order valence-corrected chi connectivity index (χ1v) is 10.3. The molecule has 2 aromatic carbocycles. The maximum Gasteiger partial charge on any atom is 0.264 e. The SMILES string of the molecule is CS(=O)(=O)OCCOCCOCCn1c2ccccc2c2ccccc21. The summed E-state index contributed by atoms with van der Waals surface area (Å²) >= 11 is 0. The third-order valence-corrected chi connectivity index (χ3v) is 4.63. The summed E-state index contributed by atoms with van der Waals surface area (Å²) in [6.07, 6.45) is 1.02. The number of nitrogens with zero attached hydrogens (tertiary/aromatic N) is 1. The molecule has 0 aliphatic heterocycles. The number of rotatable bonds is 10. The smallest absolute Gasteiger partial charge is 0.264 e. The van der Waals surface area contributed by atoms with Crippen LogP contribution in [0, 0.1) is 0 Å². The van der Waals surface area contributed by atoms with Gasteiger partial charge in [-0.15, -0.1) is 0 Å². The quantitative estimate of drug-likeness (QED) is 0.401. The highest BCUT2D eigenvalue weighted by Gasteiger charge is 2.09. The molecule has 6 nitrogen and oxygen atoms in total. The van der Waals surface area contributed by atoms with Gasteiger partial charge in [-0.2, -0.15) is 8.42 Å². The fraction of sp³-hybridized carbons (Fsp3) is 0.368. The van der Waals surface area contributed by atoms with Gasteiger partial charge in [0.2, 0.25) is 0 Å². The highest BCUT2D eigenvalue weighted by molar-refractivity contribution is 7.85. The summed E-state index contributed by atoms with van der Waals surface area (Å²) in [5, 5.41) is 2.50. The average molecular weight is 377 g/mol. The van der Waals surface area contributed by atoms with Crippen molar-refractivity contribution in [3.8, 4) is 0 Å². The van der Waals surface area contributed by atoms with Gasteiger partial charge >= 0.3 is 0 Å². The molecule has 0 saturated carbocycles. The van der Waals surface area contributed by atoms with Crippen molar-refractivity contribution in [3.05, 3.63) is 48.5 Å². The fourth-order valence-electron chi connectivity index (χ4n) is 2.97. The van der Waals surface area contributed by atoms with Gasteiger partial charge < -0.3 is 14.0 Å². The molecule has 0 spiro atoms. The topological polar surface area (TPSA) is 66.8 Å². The number of fused-ring (bicyclic) bond motifs is 3. The molecule has 0 fully saturated rings. The van der Waals surface area contributed by atoms with E-state index in [9.17, 15) is 8.42 Å². The predicted octanol–water partition coefficient (Wildman–Crippen LogP) is 2.80. The maximum atomic E-state index is 10.8. The van der Waals surface area contributed by atoms with E-state index in [1.165, 1.54) is 21.8 Å². The molecule has 0 amide bonds. The van der Waals surface area contributed by atoms with Gasteiger partial charge in [0.05, 0.1) is 39.3 Å². The number of aromatic nitrogens is 1. The molecule has 0 aliphatic rings. The Balaban J connectivity index is 1.47. The maximum absolute atomic E-state index is 10.8. The van der Waals surface area contributed by atoms with Gasteiger partial charge in [0.1, 0.15) is 0 Å². The lowest BCUT2D eigenvalue weighted by Crippen LogP contribution is -2.13. The minimum Gasteiger partial charge on any atom is -0.377 e. The van der Waals surface area contributed by atoms with Crippen LogP contribution in [0.4, 0.5) is 0 Å². The summed E-state index contributed by atoms with van der Waals surface area (Å²) in [6, 6.07) is 16.7. The number of hydrogen-bond acceptors (Lipinski definition) is 5. The molecule has 0 bridgehead atoms. The normalized spacial score (nSPS) is 12.2. The van der Waals surface area contributed by atoms with E-state index < -0.39 is 10.1 Å². The van der Waals surface area contributed by atoms with Crippen molar-refractivity contribution in [2.45, 2.75) is 6.54 Å². The molecule has 0 saturated heterocycles. The Kier molecular flexibility index (Phi) is 6.26. The van der Waals surface area contributed by atoms with Crippen molar-refractivity contribution in [2.24, 2.45) is 0 Å². The Morgan fingerprint density at radius 2 is 1.27 bits per heavy atom. The zero-order valence-corrected chi connectivity index (χ0v) is 15.6. The zero-order chi connectivity index (χ0) is 18.4. The Morgan fingerprint density at radius 1 is 0.769 bits per heavy atom. The summed E-state index contributed by atoms with van der Waals surface area (Å²) in [5.74, 6) is 0. The van der Waals surface area contributed by atoms with Crippen molar-refractivity contribution < 1.29 is 22.1 Å². The molecule has 0 unspecified atom stereocenters. The fourth-order valence-corrected chi connectivity index (χ4v) is 3.34. The molecule has 0 aliphatic carbocycles. The minimum absolute atomic E-state index is 0.0280. The lowest BCUT2D eigenvalue weighted by atomic mass is 10.2. The van der Waals surface area contributed by atoms with Gasteiger partial charge in [0.15, 0.2) is 0 Å². The molecule has 3 rings (SSSR count). The van der Waals surface area contributed by atoms with E-state index in [1.54, 1.807) is 0 Å². The molecule has 3 aromatic rings. The van der Waals surface area contributed by atoms with Crippen molar-refractivity contribution >= 4 is 31.9 Å². The summed E-state index contributed by atoms with van der Waals surface area (Å²) in [7, 11) is -3.40. The van der Waals surface area contributed by atoms with Gasteiger partial charge in [0.25, 0.3) is 10.1 Å². The first-order valence-electron chi connectivity index (χ1n) is 8.52. The van der Waals surface area contributed by atoms with E-state index in [4.69, 9.17) is 9.47 Å². The van der Waals surface area contributed by atoms with Crippen LogP contribution >= 0.6 is 0 Å².